The summed E-state index contributed by atoms with van der Waals surface area (Å²) in [4.78, 5) is 11.4. The van der Waals surface area contributed by atoms with E-state index < -0.39 is 47.8 Å². The number of hydrogen-bond donors (Lipinski definition) is 1. The van der Waals surface area contributed by atoms with Crippen molar-refractivity contribution in [3.05, 3.63) is 12.2 Å². The Bertz CT molecular complexity index is 583. The molecular formula is C15H19F5O5. The summed E-state index contributed by atoms with van der Waals surface area (Å²) in [6.07, 6.45) is -6.28. The van der Waals surface area contributed by atoms with E-state index in [9.17, 15) is 31.9 Å². The lowest BCUT2D eigenvalue weighted by atomic mass is 9.77. The van der Waals surface area contributed by atoms with Gasteiger partial charge in [0.1, 0.15) is 6.10 Å². The van der Waals surface area contributed by atoms with Crippen LogP contribution >= 0.6 is 0 Å². The first kappa shape index (κ1) is 20.1. The maximum Gasteiger partial charge on any atom is 0.449 e. The van der Waals surface area contributed by atoms with Gasteiger partial charge < -0.3 is 19.3 Å². The predicted molar refractivity (Wildman–Crippen MR) is 73.7 cm³/mol. The van der Waals surface area contributed by atoms with Gasteiger partial charge in [0, 0.05) is 18.4 Å². The van der Waals surface area contributed by atoms with E-state index in [4.69, 9.17) is 9.47 Å². The highest BCUT2D eigenvalue weighted by Gasteiger charge is 2.82. The lowest BCUT2D eigenvalue weighted by Gasteiger charge is -2.49. The van der Waals surface area contributed by atoms with E-state index in [0.717, 1.165) is 6.92 Å². The molecule has 2 atom stereocenters. The minimum absolute atomic E-state index is 0.0160. The Morgan fingerprint density at radius 2 is 1.80 bits per heavy atom. The third-order valence-corrected chi connectivity index (χ3v) is 4.44. The lowest BCUT2D eigenvalue weighted by Crippen LogP contribution is -2.65. The average molecular weight is 374 g/mol. The van der Waals surface area contributed by atoms with Crippen molar-refractivity contribution in [1.29, 1.82) is 0 Å². The third-order valence-electron chi connectivity index (χ3n) is 4.44. The molecule has 0 amide bonds. The molecule has 0 aromatic carbocycles. The van der Waals surface area contributed by atoms with Crippen molar-refractivity contribution in [2.45, 2.75) is 68.8 Å². The van der Waals surface area contributed by atoms with Crippen LogP contribution in [0.2, 0.25) is 0 Å². The lowest BCUT2D eigenvalue weighted by molar-refractivity contribution is -0.413. The zero-order valence-corrected chi connectivity index (χ0v) is 13.9. The Kier molecular flexibility index (Phi) is 4.51. The van der Waals surface area contributed by atoms with Gasteiger partial charge in [-0.05, 0) is 20.8 Å². The van der Waals surface area contributed by atoms with Crippen molar-refractivity contribution in [3.8, 4) is 0 Å². The molecule has 2 aliphatic rings. The monoisotopic (exact) mass is 374 g/mol. The molecule has 0 aromatic heterocycles. The second-order valence-electron chi connectivity index (χ2n) is 7.00. The summed E-state index contributed by atoms with van der Waals surface area (Å²) in [6.45, 7) is 5.84. The van der Waals surface area contributed by atoms with Crippen LogP contribution in [0.5, 0.6) is 0 Å². The van der Waals surface area contributed by atoms with Crippen molar-refractivity contribution in [1.82, 2.24) is 0 Å². The molecule has 1 saturated heterocycles. The van der Waals surface area contributed by atoms with Crippen LogP contribution in [-0.4, -0.2) is 52.9 Å². The standard InChI is InChI=1S/C15H19F5O5/c1-8(2)10(21)24-9-5-11(3,6-9)25-12(4)7-23-14(22,13(12,16)17)15(18,19)20/h9,22H,1,5-7H2,2-4H3. The number of ether oxygens (including phenoxy) is 3. The Balaban J connectivity index is 2.08. The largest absolute Gasteiger partial charge is 0.459 e. The number of alkyl halides is 5. The van der Waals surface area contributed by atoms with E-state index in [2.05, 4.69) is 11.3 Å². The smallest absolute Gasteiger partial charge is 0.449 e. The SMILES string of the molecule is C=C(C)C(=O)OC1CC(C)(OC2(C)COC(O)(C(F)(F)F)C2(F)F)C1. The van der Waals surface area contributed by atoms with Crippen LogP contribution in [0.25, 0.3) is 0 Å². The third kappa shape index (κ3) is 3.04. The fourth-order valence-electron chi connectivity index (χ4n) is 3.00. The summed E-state index contributed by atoms with van der Waals surface area (Å²) in [5.41, 5.74) is -3.79. The number of hydrogen-bond acceptors (Lipinski definition) is 5. The van der Waals surface area contributed by atoms with Crippen LogP contribution in [-0.2, 0) is 19.0 Å². The molecule has 0 spiro atoms. The first-order valence-corrected chi connectivity index (χ1v) is 7.44. The van der Waals surface area contributed by atoms with Gasteiger partial charge >= 0.3 is 23.9 Å². The van der Waals surface area contributed by atoms with E-state index in [1.54, 1.807) is 0 Å². The molecule has 1 heterocycles. The molecule has 0 aromatic rings. The summed E-state index contributed by atoms with van der Waals surface area (Å²) in [6, 6.07) is 0. The molecule has 5 nitrogen and oxygen atoms in total. The Morgan fingerprint density at radius 1 is 1.28 bits per heavy atom. The van der Waals surface area contributed by atoms with E-state index in [1.807, 2.05) is 0 Å². The van der Waals surface area contributed by atoms with Gasteiger partial charge in [-0.15, -0.1) is 0 Å². The molecule has 144 valence electrons. The zero-order valence-electron chi connectivity index (χ0n) is 13.9. The Hall–Kier alpha value is -1.26. The molecule has 2 rings (SSSR count). The van der Waals surface area contributed by atoms with Gasteiger partial charge in [0.15, 0.2) is 5.60 Å². The molecule has 1 aliphatic carbocycles. The first-order chi connectivity index (χ1) is 11.1. The molecule has 10 heteroatoms. The molecule has 2 fully saturated rings. The van der Waals surface area contributed by atoms with Gasteiger partial charge in [-0.25, -0.2) is 4.79 Å². The summed E-state index contributed by atoms with van der Waals surface area (Å²) in [5, 5.41) is 9.35. The van der Waals surface area contributed by atoms with E-state index in [0.29, 0.717) is 0 Å². The molecule has 1 N–H and O–H groups in total. The van der Waals surface area contributed by atoms with Crippen molar-refractivity contribution in [2.75, 3.05) is 6.61 Å². The maximum absolute atomic E-state index is 14.3. The molecule has 2 unspecified atom stereocenters. The Morgan fingerprint density at radius 3 is 2.20 bits per heavy atom. The minimum Gasteiger partial charge on any atom is -0.459 e. The summed E-state index contributed by atoms with van der Waals surface area (Å²) >= 11 is 0. The number of aliphatic hydroxyl groups is 1. The maximum atomic E-state index is 14.3. The molecule has 0 bridgehead atoms. The van der Waals surface area contributed by atoms with Gasteiger partial charge in [0.25, 0.3) is 0 Å². The Labute approximate surface area is 140 Å². The van der Waals surface area contributed by atoms with Crippen LogP contribution in [0.4, 0.5) is 22.0 Å². The van der Waals surface area contributed by atoms with Gasteiger partial charge in [0.2, 0.25) is 0 Å². The normalized spacial score (nSPS) is 40.4. The van der Waals surface area contributed by atoms with Crippen LogP contribution in [0.3, 0.4) is 0 Å². The fraction of sp³-hybridized carbons (Fsp3) is 0.800. The van der Waals surface area contributed by atoms with Crippen LogP contribution < -0.4 is 0 Å². The molecule has 1 aliphatic heterocycles. The van der Waals surface area contributed by atoms with Gasteiger partial charge in [-0.2, -0.15) is 22.0 Å². The zero-order chi connectivity index (χ0) is 19.5. The van der Waals surface area contributed by atoms with Crippen molar-refractivity contribution < 1.29 is 46.1 Å². The highest BCUT2D eigenvalue weighted by atomic mass is 19.4. The molecular weight excluding hydrogens is 355 g/mol. The quantitative estimate of drug-likeness (QED) is 0.466. The van der Waals surface area contributed by atoms with Crippen LogP contribution in [0.15, 0.2) is 12.2 Å². The van der Waals surface area contributed by atoms with Gasteiger partial charge in [0.05, 0.1) is 12.2 Å². The second-order valence-corrected chi connectivity index (χ2v) is 7.00. The minimum atomic E-state index is -5.70. The van der Waals surface area contributed by atoms with Crippen LogP contribution in [0, 0.1) is 0 Å². The van der Waals surface area contributed by atoms with Crippen molar-refractivity contribution in [3.63, 3.8) is 0 Å². The predicted octanol–water partition coefficient (Wildman–Crippen LogP) is 2.72. The average Bonchev–Trinajstić information content (AvgIpc) is 2.57. The summed E-state index contributed by atoms with van der Waals surface area (Å²) in [7, 11) is 0. The number of esters is 1. The van der Waals surface area contributed by atoms with E-state index >= 15 is 0 Å². The molecule has 1 saturated carbocycles. The van der Waals surface area contributed by atoms with Gasteiger partial charge in [-0.3, -0.25) is 0 Å². The number of carbonyl (C=O) groups excluding carboxylic acids is 1. The van der Waals surface area contributed by atoms with Crippen LogP contribution in [0.1, 0.15) is 33.6 Å². The summed E-state index contributed by atoms with van der Waals surface area (Å²) < 4.78 is 81.4. The number of carbonyl (C=O) groups is 1. The number of halogens is 5. The topological polar surface area (TPSA) is 65.0 Å². The molecule has 0 radical (unpaired) electrons. The summed E-state index contributed by atoms with van der Waals surface area (Å²) in [5.74, 6) is -10.0. The van der Waals surface area contributed by atoms with Crippen molar-refractivity contribution in [2.24, 2.45) is 0 Å². The highest BCUT2D eigenvalue weighted by Crippen LogP contribution is 2.56. The van der Waals surface area contributed by atoms with E-state index in [1.165, 1.54) is 13.8 Å². The second kappa shape index (κ2) is 5.62. The first-order valence-electron chi connectivity index (χ1n) is 7.44. The van der Waals surface area contributed by atoms with Crippen molar-refractivity contribution >= 4 is 5.97 Å². The fourth-order valence-corrected chi connectivity index (χ4v) is 3.00. The van der Waals surface area contributed by atoms with E-state index in [-0.39, 0.29) is 18.4 Å². The molecule has 25 heavy (non-hydrogen) atoms. The van der Waals surface area contributed by atoms with Gasteiger partial charge in [-0.1, -0.05) is 6.58 Å². The number of rotatable bonds is 4. The highest BCUT2D eigenvalue weighted by molar-refractivity contribution is 5.87.